The standard InChI is InChI=1S/C18H27N3O3/c1-2-3-4-5-6-7-8-9-14-18(22)20-19-15-16-12-10-11-13-17(16)21(23)24/h10-13,15H,2-9,14H2,1H3,(H,20,22)/b19-15-. The highest BCUT2D eigenvalue weighted by molar-refractivity contribution is 5.86. The van der Waals surface area contributed by atoms with E-state index in [2.05, 4.69) is 17.5 Å². The fourth-order valence-corrected chi connectivity index (χ4v) is 2.41. The van der Waals surface area contributed by atoms with Crippen LogP contribution in [0.1, 0.15) is 70.3 Å². The Morgan fingerprint density at radius 1 is 1.12 bits per heavy atom. The van der Waals surface area contributed by atoms with Crippen molar-refractivity contribution in [2.75, 3.05) is 0 Å². The summed E-state index contributed by atoms with van der Waals surface area (Å²) < 4.78 is 0. The van der Waals surface area contributed by atoms with Crippen molar-refractivity contribution in [2.45, 2.75) is 64.7 Å². The van der Waals surface area contributed by atoms with E-state index in [1.54, 1.807) is 18.2 Å². The molecular formula is C18H27N3O3. The molecule has 0 aliphatic rings. The predicted octanol–water partition coefficient (Wildman–Crippen LogP) is 4.58. The highest BCUT2D eigenvalue weighted by atomic mass is 16.6. The third-order valence-corrected chi connectivity index (χ3v) is 3.78. The number of hydrogen-bond acceptors (Lipinski definition) is 4. The Balaban J connectivity index is 2.19. The van der Waals surface area contributed by atoms with Crippen molar-refractivity contribution in [1.29, 1.82) is 0 Å². The molecule has 1 aromatic carbocycles. The van der Waals surface area contributed by atoms with Crippen LogP contribution in [0.3, 0.4) is 0 Å². The van der Waals surface area contributed by atoms with Gasteiger partial charge in [-0.25, -0.2) is 5.43 Å². The predicted molar refractivity (Wildman–Crippen MR) is 96.1 cm³/mol. The quantitative estimate of drug-likeness (QED) is 0.263. The number of hydrazone groups is 1. The van der Waals surface area contributed by atoms with E-state index in [4.69, 9.17) is 0 Å². The third-order valence-electron chi connectivity index (χ3n) is 3.78. The summed E-state index contributed by atoms with van der Waals surface area (Å²) in [6, 6.07) is 6.28. The van der Waals surface area contributed by atoms with E-state index < -0.39 is 4.92 Å². The molecule has 1 N–H and O–H groups in total. The molecule has 1 amide bonds. The first kappa shape index (κ1) is 19.8. The SMILES string of the molecule is CCCCCCCCCCC(=O)N/N=C\c1ccccc1[N+](=O)[O-]. The summed E-state index contributed by atoms with van der Waals surface area (Å²) in [5, 5.41) is 14.7. The molecular weight excluding hydrogens is 306 g/mol. The van der Waals surface area contributed by atoms with Crippen LogP contribution in [0.5, 0.6) is 0 Å². The Morgan fingerprint density at radius 3 is 2.42 bits per heavy atom. The van der Waals surface area contributed by atoms with E-state index in [9.17, 15) is 14.9 Å². The lowest BCUT2D eigenvalue weighted by molar-refractivity contribution is -0.385. The Bertz CT molecular complexity index is 544. The second-order valence-electron chi connectivity index (χ2n) is 5.83. The lowest BCUT2D eigenvalue weighted by Crippen LogP contribution is -2.17. The van der Waals surface area contributed by atoms with Crippen LogP contribution in [0.4, 0.5) is 5.69 Å². The number of nitrogens with one attached hydrogen (secondary N) is 1. The van der Waals surface area contributed by atoms with Crippen molar-refractivity contribution in [2.24, 2.45) is 5.10 Å². The second kappa shape index (κ2) is 12.2. The molecule has 24 heavy (non-hydrogen) atoms. The molecule has 0 spiro atoms. The molecule has 0 aliphatic carbocycles. The normalized spacial score (nSPS) is 10.9. The minimum Gasteiger partial charge on any atom is -0.273 e. The van der Waals surface area contributed by atoms with E-state index >= 15 is 0 Å². The minimum absolute atomic E-state index is 0.0291. The van der Waals surface area contributed by atoms with Crippen LogP contribution < -0.4 is 5.43 Å². The molecule has 0 radical (unpaired) electrons. The van der Waals surface area contributed by atoms with Gasteiger partial charge in [-0.1, -0.05) is 64.0 Å². The maximum Gasteiger partial charge on any atom is 0.278 e. The van der Waals surface area contributed by atoms with Crippen LogP contribution in [0.2, 0.25) is 0 Å². The Labute approximate surface area is 143 Å². The minimum atomic E-state index is -0.469. The number of para-hydroxylation sites is 1. The summed E-state index contributed by atoms with van der Waals surface area (Å²) in [5.74, 6) is -0.157. The number of amides is 1. The molecule has 0 unspecified atom stereocenters. The van der Waals surface area contributed by atoms with Crippen LogP contribution >= 0.6 is 0 Å². The molecule has 0 saturated heterocycles. The maximum absolute atomic E-state index is 11.7. The Morgan fingerprint density at radius 2 is 1.75 bits per heavy atom. The van der Waals surface area contributed by atoms with Gasteiger partial charge in [0.05, 0.1) is 16.7 Å². The van der Waals surface area contributed by atoms with Crippen molar-refractivity contribution in [3.8, 4) is 0 Å². The molecule has 6 heteroatoms. The van der Waals surface area contributed by atoms with Crippen LogP contribution in [0.25, 0.3) is 0 Å². The van der Waals surface area contributed by atoms with E-state index in [1.165, 1.54) is 44.4 Å². The van der Waals surface area contributed by atoms with Crippen LogP contribution in [0, 0.1) is 10.1 Å². The number of nitro benzene ring substituents is 1. The number of nitro groups is 1. The summed E-state index contributed by atoms with van der Waals surface area (Å²) in [4.78, 5) is 22.1. The first-order chi connectivity index (χ1) is 11.6. The van der Waals surface area contributed by atoms with Gasteiger partial charge in [-0.15, -0.1) is 0 Å². The zero-order chi connectivity index (χ0) is 17.6. The largest absolute Gasteiger partial charge is 0.278 e. The molecule has 1 aromatic rings. The van der Waals surface area contributed by atoms with Crippen LogP contribution in [0.15, 0.2) is 29.4 Å². The van der Waals surface area contributed by atoms with Gasteiger partial charge >= 0.3 is 0 Å². The molecule has 0 aromatic heterocycles. The molecule has 0 aliphatic heterocycles. The highest BCUT2D eigenvalue weighted by Gasteiger charge is 2.09. The van der Waals surface area contributed by atoms with Crippen molar-refractivity contribution in [3.05, 3.63) is 39.9 Å². The van der Waals surface area contributed by atoms with Gasteiger partial charge < -0.3 is 0 Å². The second-order valence-corrected chi connectivity index (χ2v) is 5.83. The van der Waals surface area contributed by atoms with Gasteiger partial charge in [0, 0.05) is 12.5 Å². The number of carbonyl (C=O) groups is 1. The van der Waals surface area contributed by atoms with Crippen molar-refractivity contribution < 1.29 is 9.72 Å². The summed E-state index contributed by atoms with van der Waals surface area (Å²) in [7, 11) is 0. The number of carbonyl (C=O) groups excluding carboxylic acids is 1. The Hall–Kier alpha value is -2.24. The average Bonchev–Trinajstić information content (AvgIpc) is 2.57. The van der Waals surface area contributed by atoms with Gasteiger partial charge in [0.15, 0.2) is 0 Å². The number of nitrogens with zero attached hydrogens (tertiary/aromatic N) is 2. The third kappa shape index (κ3) is 8.41. The molecule has 0 bridgehead atoms. The molecule has 0 saturated carbocycles. The van der Waals surface area contributed by atoms with Gasteiger partial charge in [0.25, 0.3) is 5.69 Å². The highest BCUT2D eigenvalue weighted by Crippen LogP contribution is 2.15. The number of benzene rings is 1. The zero-order valence-corrected chi connectivity index (χ0v) is 14.4. The Kier molecular flexibility index (Phi) is 10.1. The smallest absolute Gasteiger partial charge is 0.273 e. The molecule has 6 nitrogen and oxygen atoms in total. The van der Waals surface area contributed by atoms with Crippen molar-refractivity contribution in [1.82, 2.24) is 5.43 Å². The van der Waals surface area contributed by atoms with Gasteiger partial charge in [0.1, 0.15) is 0 Å². The van der Waals surface area contributed by atoms with Crippen molar-refractivity contribution >= 4 is 17.8 Å². The van der Waals surface area contributed by atoms with Crippen LogP contribution in [-0.2, 0) is 4.79 Å². The molecule has 0 atom stereocenters. The summed E-state index contributed by atoms with van der Waals surface area (Å²) in [5.41, 5.74) is 2.77. The number of rotatable bonds is 12. The lowest BCUT2D eigenvalue weighted by atomic mass is 10.1. The summed E-state index contributed by atoms with van der Waals surface area (Å²) >= 11 is 0. The number of unbranched alkanes of at least 4 members (excludes halogenated alkanes) is 7. The molecule has 0 heterocycles. The van der Waals surface area contributed by atoms with E-state index in [0.29, 0.717) is 12.0 Å². The van der Waals surface area contributed by atoms with Gasteiger partial charge in [-0.05, 0) is 12.5 Å². The summed E-state index contributed by atoms with van der Waals surface area (Å²) in [6.45, 7) is 2.21. The van der Waals surface area contributed by atoms with Gasteiger partial charge in [-0.3, -0.25) is 14.9 Å². The topological polar surface area (TPSA) is 84.6 Å². The monoisotopic (exact) mass is 333 g/mol. The van der Waals surface area contributed by atoms with E-state index in [0.717, 1.165) is 19.3 Å². The summed E-state index contributed by atoms with van der Waals surface area (Å²) in [6.07, 6.45) is 11.2. The lowest BCUT2D eigenvalue weighted by Gasteiger charge is -2.02. The fraction of sp³-hybridized carbons (Fsp3) is 0.556. The van der Waals surface area contributed by atoms with Gasteiger partial charge in [0.2, 0.25) is 5.91 Å². The van der Waals surface area contributed by atoms with Crippen LogP contribution in [-0.4, -0.2) is 17.0 Å². The average molecular weight is 333 g/mol. The first-order valence-electron chi connectivity index (χ1n) is 8.70. The van der Waals surface area contributed by atoms with E-state index in [1.807, 2.05) is 0 Å². The van der Waals surface area contributed by atoms with Crippen molar-refractivity contribution in [3.63, 3.8) is 0 Å². The fourth-order valence-electron chi connectivity index (χ4n) is 2.41. The van der Waals surface area contributed by atoms with Gasteiger partial charge in [-0.2, -0.15) is 5.10 Å². The maximum atomic E-state index is 11.7. The molecule has 132 valence electrons. The first-order valence-corrected chi connectivity index (χ1v) is 8.70. The van der Waals surface area contributed by atoms with E-state index in [-0.39, 0.29) is 11.6 Å². The zero-order valence-electron chi connectivity index (χ0n) is 14.4. The number of hydrogen-bond donors (Lipinski definition) is 1. The molecule has 0 fully saturated rings. The molecule has 1 rings (SSSR count).